The maximum absolute atomic E-state index is 4.10. The first kappa shape index (κ1) is 7.81. The molecule has 0 aliphatic rings. The number of aryl methyl sites for hydroxylation is 1. The predicted octanol–water partition coefficient (Wildman–Crippen LogP) is 1.10. The maximum Gasteiger partial charge on any atom is 0.209 e. The van der Waals surface area contributed by atoms with Crippen LogP contribution in [0.3, 0.4) is 0 Å². The third kappa shape index (κ3) is 1.37. The quantitative estimate of drug-likeness (QED) is 0.755. The molecular formula is C5H4BrN5S. The molecule has 0 spiro atoms. The monoisotopic (exact) mass is 245 g/mol. The van der Waals surface area contributed by atoms with E-state index in [1.165, 1.54) is 11.5 Å². The van der Waals surface area contributed by atoms with Crippen LogP contribution in [0.25, 0.3) is 10.7 Å². The fraction of sp³-hybridized carbons (Fsp3) is 0.200. The Morgan fingerprint density at radius 1 is 1.58 bits per heavy atom. The Hall–Kier alpha value is -0.820. The van der Waals surface area contributed by atoms with Crippen molar-refractivity contribution in [2.24, 2.45) is 7.05 Å². The lowest BCUT2D eigenvalue weighted by Gasteiger charge is -1.80. The Balaban J connectivity index is 2.43. The van der Waals surface area contributed by atoms with Gasteiger partial charge in [0.2, 0.25) is 4.73 Å². The number of nitrogens with zero attached hydrogens (tertiary/aromatic N) is 5. The molecule has 7 heteroatoms. The molecule has 0 N–H and O–H groups in total. The van der Waals surface area contributed by atoms with Crippen molar-refractivity contribution in [1.82, 2.24) is 24.4 Å². The lowest BCUT2D eigenvalue weighted by molar-refractivity contribution is 0.715. The van der Waals surface area contributed by atoms with E-state index in [2.05, 4.69) is 35.6 Å². The second-order valence-corrected chi connectivity index (χ2v) is 3.61. The lowest BCUT2D eigenvalue weighted by Crippen LogP contribution is -1.85. The fourth-order valence-corrected chi connectivity index (χ4v) is 1.78. The van der Waals surface area contributed by atoms with E-state index in [1.807, 2.05) is 7.05 Å². The maximum atomic E-state index is 4.10. The van der Waals surface area contributed by atoms with Gasteiger partial charge in [-0.05, 0) is 27.5 Å². The number of hydrogen-bond acceptors (Lipinski definition) is 5. The van der Waals surface area contributed by atoms with Gasteiger partial charge in [0, 0.05) is 7.05 Å². The molecule has 0 amide bonds. The lowest BCUT2D eigenvalue weighted by atomic mass is 10.5. The summed E-state index contributed by atoms with van der Waals surface area (Å²) < 4.78 is 6.19. The average molecular weight is 246 g/mol. The van der Waals surface area contributed by atoms with Gasteiger partial charge in [-0.1, -0.05) is 5.21 Å². The Bertz CT molecular complexity index is 356. The van der Waals surface area contributed by atoms with Crippen LogP contribution in [0.5, 0.6) is 0 Å². The molecule has 0 saturated carbocycles. The molecule has 2 aromatic rings. The van der Waals surface area contributed by atoms with Crippen molar-refractivity contribution in [1.29, 1.82) is 0 Å². The third-order valence-electron chi connectivity index (χ3n) is 1.22. The zero-order chi connectivity index (χ0) is 8.55. The van der Waals surface area contributed by atoms with Crippen LogP contribution >= 0.6 is 27.5 Å². The van der Waals surface area contributed by atoms with Gasteiger partial charge in [-0.15, -0.1) is 5.10 Å². The highest BCUT2D eigenvalue weighted by atomic mass is 79.9. The zero-order valence-corrected chi connectivity index (χ0v) is 8.50. The van der Waals surface area contributed by atoms with Crippen molar-refractivity contribution >= 4 is 27.5 Å². The van der Waals surface area contributed by atoms with Gasteiger partial charge in [-0.3, -0.25) is 4.68 Å². The van der Waals surface area contributed by atoms with Crippen LogP contribution in [0, 0.1) is 0 Å². The van der Waals surface area contributed by atoms with Crippen LogP contribution in [-0.2, 0) is 7.05 Å². The highest BCUT2D eigenvalue weighted by Crippen LogP contribution is 2.19. The molecule has 0 atom stereocenters. The highest BCUT2D eigenvalue weighted by Gasteiger charge is 2.07. The summed E-state index contributed by atoms with van der Waals surface area (Å²) in [7, 11) is 1.81. The van der Waals surface area contributed by atoms with Gasteiger partial charge >= 0.3 is 0 Å². The summed E-state index contributed by atoms with van der Waals surface area (Å²) in [5, 5.41) is 8.47. The average Bonchev–Trinajstić information content (AvgIpc) is 2.58. The molecule has 0 aromatic carbocycles. The number of halogens is 1. The molecule has 0 aliphatic heterocycles. The fourth-order valence-electron chi connectivity index (χ4n) is 0.755. The van der Waals surface area contributed by atoms with Gasteiger partial charge < -0.3 is 0 Å². The minimum absolute atomic E-state index is 0.591. The highest BCUT2D eigenvalue weighted by molar-refractivity contribution is 9.10. The molecule has 5 nitrogen and oxygen atoms in total. The van der Waals surface area contributed by atoms with E-state index in [4.69, 9.17) is 0 Å². The van der Waals surface area contributed by atoms with E-state index in [0.29, 0.717) is 4.73 Å². The van der Waals surface area contributed by atoms with E-state index in [9.17, 15) is 0 Å². The summed E-state index contributed by atoms with van der Waals surface area (Å²) in [5.41, 5.74) is 0.751. The summed E-state index contributed by atoms with van der Waals surface area (Å²) in [4.78, 5) is 4.10. The van der Waals surface area contributed by atoms with Gasteiger partial charge in [-0.25, -0.2) is 4.98 Å². The van der Waals surface area contributed by atoms with Crippen molar-refractivity contribution in [3.63, 3.8) is 0 Å². The van der Waals surface area contributed by atoms with Crippen LogP contribution in [-0.4, -0.2) is 24.4 Å². The Labute approximate surface area is 80.7 Å². The van der Waals surface area contributed by atoms with Crippen LogP contribution < -0.4 is 0 Å². The molecule has 0 aliphatic carbocycles. The predicted molar refractivity (Wildman–Crippen MR) is 47.6 cm³/mol. The standard InChI is InChI=1S/C5H4BrN5S/c1-11-2-3(8-10-11)4-7-5(6)9-12-4/h2H,1H3. The van der Waals surface area contributed by atoms with Crippen LogP contribution in [0.15, 0.2) is 10.9 Å². The second-order valence-electron chi connectivity index (χ2n) is 2.15. The molecular weight excluding hydrogens is 242 g/mol. The summed E-state index contributed by atoms with van der Waals surface area (Å²) >= 11 is 4.46. The third-order valence-corrected chi connectivity index (χ3v) is 2.55. The molecule has 2 heterocycles. The molecule has 0 saturated heterocycles. The SMILES string of the molecule is Cn1cc(-c2nc(Br)ns2)nn1. The van der Waals surface area contributed by atoms with Crippen molar-refractivity contribution < 1.29 is 0 Å². The van der Waals surface area contributed by atoms with E-state index >= 15 is 0 Å². The minimum atomic E-state index is 0.591. The first-order chi connectivity index (χ1) is 5.75. The molecule has 0 bridgehead atoms. The van der Waals surface area contributed by atoms with Gasteiger partial charge in [0.15, 0.2) is 5.01 Å². The second kappa shape index (κ2) is 2.91. The van der Waals surface area contributed by atoms with E-state index in [1.54, 1.807) is 10.9 Å². The van der Waals surface area contributed by atoms with Gasteiger partial charge in [0.25, 0.3) is 0 Å². The summed E-state index contributed by atoms with van der Waals surface area (Å²) in [6, 6.07) is 0. The molecule has 0 radical (unpaired) electrons. The first-order valence-electron chi connectivity index (χ1n) is 3.11. The first-order valence-corrected chi connectivity index (χ1v) is 4.68. The largest absolute Gasteiger partial charge is 0.255 e. The zero-order valence-electron chi connectivity index (χ0n) is 6.10. The molecule has 2 aromatic heterocycles. The van der Waals surface area contributed by atoms with Crippen LogP contribution in [0.1, 0.15) is 0 Å². The van der Waals surface area contributed by atoms with Gasteiger partial charge in [0.05, 0.1) is 6.20 Å². The van der Waals surface area contributed by atoms with Crippen LogP contribution in [0.2, 0.25) is 0 Å². The van der Waals surface area contributed by atoms with Crippen molar-refractivity contribution in [3.8, 4) is 10.7 Å². The minimum Gasteiger partial charge on any atom is -0.255 e. The number of aromatic nitrogens is 5. The van der Waals surface area contributed by atoms with Crippen molar-refractivity contribution in [2.75, 3.05) is 0 Å². The van der Waals surface area contributed by atoms with Gasteiger partial charge in [0.1, 0.15) is 5.69 Å². The van der Waals surface area contributed by atoms with Gasteiger partial charge in [-0.2, -0.15) is 4.37 Å². The molecule has 0 fully saturated rings. The van der Waals surface area contributed by atoms with E-state index < -0.39 is 0 Å². The number of hydrogen-bond donors (Lipinski definition) is 0. The van der Waals surface area contributed by atoms with E-state index in [-0.39, 0.29) is 0 Å². The summed E-state index contributed by atoms with van der Waals surface area (Å²) in [6.45, 7) is 0. The molecule has 12 heavy (non-hydrogen) atoms. The van der Waals surface area contributed by atoms with E-state index in [0.717, 1.165) is 10.7 Å². The van der Waals surface area contributed by atoms with Crippen molar-refractivity contribution in [2.45, 2.75) is 0 Å². The number of rotatable bonds is 1. The Kier molecular flexibility index (Phi) is 1.89. The normalized spacial score (nSPS) is 10.5. The topological polar surface area (TPSA) is 56.5 Å². The molecule has 2 rings (SSSR count). The smallest absolute Gasteiger partial charge is 0.209 e. The summed E-state index contributed by atoms with van der Waals surface area (Å²) in [5.74, 6) is 0. The van der Waals surface area contributed by atoms with Crippen LogP contribution in [0.4, 0.5) is 0 Å². The molecule has 0 unspecified atom stereocenters. The summed E-state index contributed by atoms with van der Waals surface area (Å²) in [6.07, 6.45) is 1.80. The Morgan fingerprint density at radius 3 is 2.92 bits per heavy atom. The van der Waals surface area contributed by atoms with Crippen molar-refractivity contribution in [3.05, 3.63) is 10.9 Å². The Morgan fingerprint density at radius 2 is 2.42 bits per heavy atom. The molecule has 62 valence electrons.